The summed E-state index contributed by atoms with van der Waals surface area (Å²) in [5.74, 6) is 2.47. The topological polar surface area (TPSA) is 96.6 Å². The van der Waals surface area contributed by atoms with Crippen molar-refractivity contribution in [1.82, 2.24) is 5.01 Å². The number of amides is 1. The maximum absolute atomic E-state index is 12.9. The summed E-state index contributed by atoms with van der Waals surface area (Å²) < 4.78 is 18.3. The Morgan fingerprint density at radius 3 is 2.59 bits per heavy atom. The van der Waals surface area contributed by atoms with Crippen LogP contribution in [0.3, 0.4) is 0 Å². The lowest BCUT2D eigenvalue weighted by Gasteiger charge is -2.20. The Balaban J connectivity index is 1.25. The van der Waals surface area contributed by atoms with Crippen molar-refractivity contribution < 1.29 is 19.0 Å². The molecule has 3 aliphatic rings. The van der Waals surface area contributed by atoms with Gasteiger partial charge in [-0.05, 0) is 101 Å². The van der Waals surface area contributed by atoms with E-state index in [4.69, 9.17) is 24.7 Å². The van der Waals surface area contributed by atoms with E-state index in [2.05, 4.69) is 53.6 Å². The van der Waals surface area contributed by atoms with Crippen LogP contribution >= 0.6 is 34.4 Å². The lowest BCUT2D eigenvalue weighted by molar-refractivity contribution is -0.114. The fraction of sp³-hybridized carbons (Fsp3) is 0.419. The van der Waals surface area contributed by atoms with Crippen LogP contribution in [0.2, 0.25) is 0 Å². The molecule has 5 rings (SSSR count). The van der Waals surface area contributed by atoms with Gasteiger partial charge in [-0.3, -0.25) is 10.2 Å². The van der Waals surface area contributed by atoms with Gasteiger partial charge in [0.2, 0.25) is 5.17 Å². The smallest absolute Gasteiger partial charge is 0.283 e. The number of amidine groups is 2. The first-order chi connectivity index (χ1) is 19.9. The molecule has 2 heterocycles. The van der Waals surface area contributed by atoms with Gasteiger partial charge < -0.3 is 14.2 Å². The zero-order valence-electron chi connectivity index (χ0n) is 23.6. The Kier molecular flexibility index (Phi) is 9.69. The Morgan fingerprint density at radius 1 is 1.15 bits per heavy atom. The van der Waals surface area contributed by atoms with Crippen LogP contribution in [-0.2, 0) is 4.79 Å². The zero-order chi connectivity index (χ0) is 28.9. The molecule has 0 radical (unpaired) electrons. The summed E-state index contributed by atoms with van der Waals surface area (Å²) in [6.45, 7) is 5.13. The Bertz CT molecular complexity index is 1400. The third-order valence-corrected chi connectivity index (χ3v) is 9.52. The molecular formula is C31H35IN4O4S. The van der Waals surface area contributed by atoms with E-state index in [1.165, 1.54) is 41.6 Å². The van der Waals surface area contributed by atoms with Crippen LogP contribution in [-0.4, -0.2) is 47.3 Å². The number of rotatable bonds is 10. The van der Waals surface area contributed by atoms with Gasteiger partial charge in [-0.15, -0.1) is 0 Å². The van der Waals surface area contributed by atoms with Gasteiger partial charge in [-0.25, -0.2) is 0 Å². The number of nitrogens with one attached hydrogen (secondary N) is 1. The maximum atomic E-state index is 12.9. The molecule has 1 aliphatic carbocycles. The monoisotopic (exact) mass is 686 g/mol. The Morgan fingerprint density at radius 2 is 1.88 bits per heavy atom. The van der Waals surface area contributed by atoms with Crippen LogP contribution in [0.4, 0.5) is 0 Å². The zero-order valence-corrected chi connectivity index (χ0v) is 26.6. The SMILES string of the molecule is CCC(C)c1ccc(OCCOc2c(I)cc(/C=C3/C(=N)N4N=C(C5CCCCC5)SC4=NC3=O)cc2OC)cc1. The molecule has 0 saturated heterocycles. The molecule has 1 unspecified atom stereocenters. The lowest BCUT2D eigenvalue weighted by Crippen LogP contribution is -2.35. The van der Waals surface area contributed by atoms with E-state index < -0.39 is 5.91 Å². The molecule has 0 bridgehead atoms. The number of benzene rings is 2. The van der Waals surface area contributed by atoms with E-state index in [1.54, 1.807) is 19.3 Å². The minimum atomic E-state index is -0.433. The van der Waals surface area contributed by atoms with E-state index in [-0.39, 0.29) is 11.4 Å². The molecule has 10 heteroatoms. The minimum Gasteiger partial charge on any atom is -0.493 e. The molecule has 1 fully saturated rings. The van der Waals surface area contributed by atoms with Crippen LogP contribution in [0.5, 0.6) is 17.2 Å². The lowest BCUT2D eigenvalue weighted by atomic mass is 9.90. The second kappa shape index (κ2) is 13.4. The number of aliphatic imine (C=N–C) groups is 1. The number of carbonyl (C=O) groups excluding carboxylic acids is 1. The van der Waals surface area contributed by atoms with Crippen molar-refractivity contribution in [2.75, 3.05) is 20.3 Å². The summed E-state index contributed by atoms with van der Waals surface area (Å²) >= 11 is 3.62. The fourth-order valence-electron chi connectivity index (χ4n) is 5.08. The van der Waals surface area contributed by atoms with Gasteiger partial charge in [0.1, 0.15) is 24.0 Å². The average Bonchev–Trinajstić information content (AvgIpc) is 3.42. The van der Waals surface area contributed by atoms with Crippen molar-refractivity contribution in [3.05, 3.63) is 56.7 Å². The molecule has 1 N–H and O–H groups in total. The van der Waals surface area contributed by atoms with Gasteiger partial charge in [0.25, 0.3) is 5.91 Å². The van der Waals surface area contributed by atoms with Gasteiger partial charge in [0, 0.05) is 5.92 Å². The first-order valence-electron chi connectivity index (χ1n) is 14.1. The summed E-state index contributed by atoms with van der Waals surface area (Å²) in [5, 5.41) is 16.4. The molecule has 1 saturated carbocycles. The van der Waals surface area contributed by atoms with E-state index in [9.17, 15) is 4.79 Å². The highest BCUT2D eigenvalue weighted by Crippen LogP contribution is 2.38. The highest BCUT2D eigenvalue weighted by atomic mass is 127. The molecule has 1 atom stereocenters. The van der Waals surface area contributed by atoms with Gasteiger partial charge in [-0.2, -0.15) is 15.1 Å². The van der Waals surface area contributed by atoms with Crippen molar-refractivity contribution in [2.24, 2.45) is 16.0 Å². The molecular weight excluding hydrogens is 651 g/mol. The van der Waals surface area contributed by atoms with E-state index >= 15 is 0 Å². The normalized spacial score (nSPS) is 19.1. The first-order valence-corrected chi connectivity index (χ1v) is 16.0. The molecule has 41 heavy (non-hydrogen) atoms. The third-order valence-electron chi connectivity index (χ3n) is 7.65. The number of ether oxygens (including phenoxy) is 3. The van der Waals surface area contributed by atoms with Crippen LogP contribution in [0.25, 0.3) is 6.08 Å². The van der Waals surface area contributed by atoms with Gasteiger partial charge in [0.05, 0.1) is 16.3 Å². The Hall–Kier alpha value is -2.86. The van der Waals surface area contributed by atoms with E-state index in [0.717, 1.165) is 33.6 Å². The molecule has 0 aromatic heterocycles. The quantitative estimate of drug-likeness (QED) is 0.158. The van der Waals surface area contributed by atoms with Crippen LogP contribution in [0.1, 0.15) is 69.4 Å². The third kappa shape index (κ3) is 6.80. The molecule has 2 aromatic carbocycles. The largest absolute Gasteiger partial charge is 0.493 e. The summed E-state index contributed by atoms with van der Waals surface area (Å²) in [4.78, 5) is 17.2. The van der Waals surface area contributed by atoms with Crippen LogP contribution in [0, 0.1) is 14.9 Å². The number of methoxy groups -OCH3 is 1. The number of nitrogens with zero attached hydrogens (tertiary/aromatic N) is 3. The molecule has 216 valence electrons. The maximum Gasteiger partial charge on any atom is 0.283 e. The molecule has 1 amide bonds. The first kappa shape index (κ1) is 29.6. The Labute approximate surface area is 259 Å². The highest BCUT2D eigenvalue weighted by molar-refractivity contribution is 14.1. The number of fused-ring (bicyclic) bond motifs is 1. The summed E-state index contributed by atoms with van der Waals surface area (Å²) in [6, 6.07) is 11.9. The van der Waals surface area contributed by atoms with Crippen molar-refractivity contribution in [2.45, 2.75) is 58.3 Å². The summed E-state index contributed by atoms with van der Waals surface area (Å²) in [7, 11) is 1.58. The molecule has 2 aromatic rings. The standard InChI is InChI=1S/C31H35IN4O4S/c1-4-19(2)21-10-12-23(13-11-21)39-14-15-40-27-25(32)17-20(18-26(27)38-3)16-24-28(33)36-31(34-29(24)37)41-30(35-36)22-8-6-5-7-9-22/h10-13,16-19,22,33H,4-9,14-15H2,1-3H3/b24-16-,33-28?. The summed E-state index contributed by atoms with van der Waals surface area (Å²) in [5.41, 5.74) is 2.22. The van der Waals surface area contributed by atoms with Gasteiger partial charge in [-0.1, -0.05) is 45.2 Å². The van der Waals surface area contributed by atoms with Crippen LogP contribution < -0.4 is 14.2 Å². The predicted molar refractivity (Wildman–Crippen MR) is 173 cm³/mol. The predicted octanol–water partition coefficient (Wildman–Crippen LogP) is 7.47. The number of hydrogen-bond acceptors (Lipinski definition) is 7. The van der Waals surface area contributed by atoms with Crippen molar-refractivity contribution in [3.63, 3.8) is 0 Å². The van der Waals surface area contributed by atoms with Crippen molar-refractivity contribution >= 4 is 62.4 Å². The average molecular weight is 687 g/mol. The fourth-order valence-corrected chi connectivity index (χ4v) is 6.92. The van der Waals surface area contributed by atoms with Gasteiger partial charge in [0.15, 0.2) is 17.3 Å². The number of thioether (sulfide) groups is 1. The highest BCUT2D eigenvalue weighted by Gasteiger charge is 2.38. The number of hydrogen-bond donors (Lipinski definition) is 1. The van der Waals surface area contributed by atoms with E-state index in [0.29, 0.717) is 47.3 Å². The van der Waals surface area contributed by atoms with Crippen LogP contribution in [0.15, 0.2) is 52.1 Å². The molecule has 2 aliphatic heterocycles. The number of halogens is 1. The second-order valence-electron chi connectivity index (χ2n) is 10.4. The minimum absolute atomic E-state index is 0.0435. The number of carbonyl (C=O) groups is 1. The molecule has 8 nitrogen and oxygen atoms in total. The van der Waals surface area contributed by atoms with Crippen molar-refractivity contribution in [3.8, 4) is 17.2 Å². The molecule has 0 spiro atoms. The van der Waals surface area contributed by atoms with E-state index in [1.807, 2.05) is 18.2 Å². The number of hydrazone groups is 1. The van der Waals surface area contributed by atoms with Gasteiger partial charge >= 0.3 is 0 Å². The van der Waals surface area contributed by atoms with Crippen molar-refractivity contribution in [1.29, 1.82) is 5.41 Å². The summed E-state index contributed by atoms with van der Waals surface area (Å²) in [6.07, 6.45) is 8.61. The second-order valence-corrected chi connectivity index (χ2v) is 12.6.